The van der Waals surface area contributed by atoms with Crippen LogP contribution in [0.15, 0.2) is 54.6 Å². The van der Waals surface area contributed by atoms with Crippen LogP contribution in [-0.2, 0) is 4.79 Å². The lowest BCUT2D eigenvalue weighted by Gasteiger charge is -2.13. The molecule has 1 aromatic heterocycles. The zero-order valence-corrected chi connectivity index (χ0v) is 17.8. The normalized spacial score (nSPS) is 11.1. The standard InChI is InChI=1S/C24H26FNO2.CH4O/c1-17(2)26-21-10-8-7-9-20(21)24(18-13-15-19(25)16-14-18)22(26)11-5-3-4-6-12-23(27)28;1-2/h5,7-11,13-17H,3-4,6,12H2,1-2H3,(H,27,28);2H,1H3/b11-5+;. The number of carbonyl (C=O) groups is 1. The fourth-order valence-corrected chi connectivity index (χ4v) is 3.66. The molecule has 0 spiro atoms. The van der Waals surface area contributed by atoms with Crippen molar-refractivity contribution in [3.8, 4) is 11.1 Å². The highest BCUT2D eigenvalue weighted by Crippen LogP contribution is 2.37. The number of nitrogens with zero attached hydrogens (tertiary/aromatic N) is 1. The van der Waals surface area contributed by atoms with Crippen molar-refractivity contribution in [1.82, 2.24) is 4.57 Å². The average molecular weight is 412 g/mol. The summed E-state index contributed by atoms with van der Waals surface area (Å²) in [6.07, 6.45) is 6.80. The first kappa shape index (κ1) is 23.4. The molecule has 0 amide bonds. The fraction of sp³-hybridized carbons (Fsp3) is 0.320. The Hall–Kier alpha value is -2.92. The van der Waals surface area contributed by atoms with Gasteiger partial charge in [0.05, 0.1) is 0 Å². The van der Waals surface area contributed by atoms with Gasteiger partial charge in [0.1, 0.15) is 5.82 Å². The molecular weight excluding hydrogens is 381 g/mol. The van der Waals surface area contributed by atoms with Crippen molar-refractivity contribution in [2.45, 2.75) is 45.6 Å². The SMILES string of the molecule is CC(C)n1c(/C=C/CCCCC(=O)O)c(-c2ccc(F)cc2)c2ccccc21.CO. The molecule has 0 unspecified atom stereocenters. The van der Waals surface area contributed by atoms with Crippen molar-refractivity contribution in [3.63, 3.8) is 0 Å². The van der Waals surface area contributed by atoms with Gasteiger partial charge in [0, 0.05) is 41.7 Å². The quantitative estimate of drug-likeness (QED) is 0.428. The molecule has 0 aliphatic rings. The number of allylic oxidation sites excluding steroid dienone is 1. The van der Waals surface area contributed by atoms with Gasteiger partial charge in [0.25, 0.3) is 0 Å². The van der Waals surface area contributed by atoms with Gasteiger partial charge < -0.3 is 14.8 Å². The van der Waals surface area contributed by atoms with E-state index in [1.807, 2.05) is 24.3 Å². The van der Waals surface area contributed by atoms with E-state index in [1.54, 1.807) is 0 Å². The molecule has 3 aromatic rings. The Morgan fingerprint density at radius 2 is 1.73 bits per heavy atom. The topological polar surface area (TPSA) is 62.5 Å². The third-order valence-electron chi connectivity index (χ3n) is 4.89. The minimum Gasteiger partial charge on any atom is -0.481 e. The van der Waals surface area contributed by atoms with Crippen molar-refractivity contribution in [2.24, 2.45) is 0 Å². The van der Waals surface area contributed by atoms with E-state index in [9.17, 15) is 9.18 Å². The molecule has 5 heteroatoms. The van der Waals surface area contributed by atoms with Gasteiger partial charge in [-0.15, -0.1) is 0 Å². The zero-order valence-electron chi connectivity index (χ0n) is 17.8. The number of unbranched alkanes of at least 4 members (excludes halogenated alkanes) is 2. The lowest BCUT2D eigenvalue weighted by atomic mass is 10.0. The summed E-state index contributed by atoms with van der Waals surface area (Å²) in [5, 5.41) is 16.9. The Bertz CT molecular complexity index is 988. The number of carboxylic acid groups (broad SMARTS) is 1. The van der Waals surface area contributed by atoms with Crippen LogP contribution in [0, 0.1) is 5.82 Å². The second kappa shape index (κ2) is 11.3. The van der Waals surface area contributed by atoms with E-state index in [2.05, 4.69) is 42.7 Å². The van der Waals surface area contributed by atoms with Gasteiger partial charge >= 0.3 is 5.97 Å². The second-order valence-electron chi connectivity index (χ2n) is 7.29. The Kier molecular flexibility index (Phi) is 8.81. The summed E-state index contributed by atoms with van der Waals surface area (Å²) in [6, 6.07) is 15.2. The van der Waals surface area contributed by atoms with Crippen molar-refractivity contribution < 1.29 is 19.4 Å². The molecule has 2 aromatic carbocycles. The number of rotatable bonds is 8. The first-order valence-corrected chi connectivity index (χ1v) is 10.2. The monoisotopic (exact) mass is 411 g/mol. The molecule has 0 aliphatic carbocycles. The zero-order chi connectivity index (χ0) is 22.1. The molecule has 0 saturated heterocycles. The molecule has 0 atom stereocenters. The van der Waals surface area contributed by atoms with Crippen LogP contribution in [0.5, 0.6) is 0 Å². The molecule has 2 N–H and O–H groups in total. The van der Waals surface area contributed by atoms with Crippen LogP contribution in [-0.4, -0.2) is 27.9 Å². The predicted molar refractivity (Wildman–Crippen MR) is 121 cm³/mol. The molecule has 160 valence electrons. The molecule has 0 aliphatic heterocycles. The minimum atomic E-state index is -0.748. The molecule has 3 rings (SSSR count). The number of aliphatic hydroxyl groups excluding tert-OH is 1. The largest absolute Gasteiger partial charge is 0.481 e. The molecule has 30 heavy (non-hydrogen) atoms. The summed E-state index contributed by atoms with van der Waals surface area (Å²) < 4.78 is 15.8. The summed E-state index contributed by atoms with van der Waals surface area (Å²) in [6.45, 7) is 4.32. The molecule has 1 heterocycles. The maximum absolute atomic E-state index is 13.5. The number of para-hydroxylation sites is 1. The number of aromatic nitrogens is 1. The second-order valence-corrected chi connectivity index (χ2v) is 7.29. The van der Waals surface area contributed by atoms with E-state index < -0.39 is 5.97 Å². The van der Waals surface area contributed by atoms with Gasteiger partial charge in [-0.1, -0.05) is 36.4 Å². The number of benzene rings is 2. The predicted octanol–water partition coefficient (Wildman–Crippen LogP) is 6.30. The van der Waals surface area contributed by atoms with Crippen LogP contribution in [0.2, 0.25) is 0 Å². The highest BCUT2D eigenvalue weighted by molar-refractivity contribution is 6.01. The van der Waals surface area contributed by atoms with Gasteiger partial charge in [0.15, 0.2) is 0 Å². The Morgan fingerprint density at radius 1 is 1.07 bits per heavy atom. The van der Waals surface area contributed by atoms with Crippen LogP contribution in [0.1, 0.15) is 51.3 Å². The van der Waals surface area contributed by atoms with Gasteiger partial charge in [-0.2, -0.15) is 0 Å². The maximum atomic E-state index is 13.5. The van der Waals surface area contributed by atoms with Crippen LogP contribution in [0.3, 0.4) is 0 Å². The van der Waals surface area contributed by atoms with Crippen LogP contribution in [0.25, 0.3) is 28.1 Å². The Balaban J connectivity index is 0.00000155. The van der Waals surface area contributed by atoms with E-state index in [4.69, 9.17) is 10.2 Å². The summed E-state index contributed by atoms with van der Waals surface area (Å²) >= 11 is 0. The highest BCUT2D eigenvalue weighted by Gasteiger charge is 2.18. The number of aliphatic hydroxyl groups is 1. The molecule has 0 radical (unpaired) electrons. The van der Waals surface area contributed by atoms with Gasteiger partial charge in [-0.25, -0.2) is 4.39 Å². The number of aliphatic carboxylic acids is 1. The van der Waals surface area contributed by atoms with Crippen molar-refractivity contribution >= 4 is 22.9 Å². The van der Waals surface area contributed by atoms with E-state index in [0.717, 1.165) is 47.7 Å². The molecule has 4 nitrogen and oxygen atoms in total. The third kappa shape index (κ3) is 5.57. The third-order valence-corrected chi connectivity index (χ3v) is 4.89. The van der Waals surface area contributed by atoms with Crippen LogP contribution >= 0.6 is 0 Å². The van der Waals surface area contributed by atoms with Crippen molar-refractivity contribution in [3.05, 3.63) is 66.1 Å². The molecule has 0 bridgehead atoms. The smallest absolute Gasteiger partial charge is 0.303 e. The molecular formula is C25H30FNO3. The first-order valence-electron chi connectivity index (χ1n) is 10.2. The van der Waals surface area contributed by atoms with Gasteiger partial charge in [-0.05, 0) is 62.9 Å². The fourth-order valence-electron chi connectivity index (χ4n) is 3.66. The van der Waals surface area contributed by atoms with Gasteiger partial charge in [0.2, 0.25) is 0 Å². The minimum absolute atomic E-state index is 0.209. The first-order chi connectivity index (χ1) is 14.5. The lowest BCUT2D eigenvalue weighted by molar-refractivity contribution is -0.137. The van der Waals surface area contributed by atoms with E-state index in [1.165, 1.54) is 12.1 Å². The number of hydrogen-bond acceptors (Lipinski definition) is 2. The summed E-state index contributed by atoms with van der Waals surface area (Å²) in [5.41, 5.74) is 4.34. The van der Waals surface area contributed by atoms with Gasteiger partial charge in [-0.3, -0.25) is 4.79 Å². The molecule has 0 saturated carbocycles. The van der Waals surface area contributed by atoms with Crippen molar-refractivity contribution in [2.75, 3.05) is 7.11 Å². The molecule has 0 fully saturated rings. The number of fused-ring (bicyclic) bond motifs is 1. The average Bonchev–Trinajstić information content (AvgIpc) is 3.07. The Labute approximate surface area is 177 Å². The summed E-state index contributed by atoms with van der Waals surface area (Å²) in [4.78, 5) is 10.6. The van der Waals surface area contributed by atoms with Crippen molar-refractivity contribution in [1.29, 1.82) is 0 Å². The summed E-state index contributed by atoms with van der Waals surface area (Å²) in [5.74, 6) is -0.991. The van der Waals surface area contributed by atoms with E-state index in [0.29, 0.717) is 6.42 Å². The maximum Gasteiger partial charge on any atom is 0.303 e. The van der Waals surface area contributed by atoms with E-state index >= 15 is 0 Å². The number of halogens is 1. The summed E-state index contributed by atoms with van der Waals surface area (Å²) in [7, 11) is 1.00. The highest BCUT2D eigenvalue weighted by atomic mass is 19.1. The Morgan fingerprint density at radius 3 is 2.37 bits per heavy atom. The van der Waals surface area contributed by atoms with Crippen LogP contribution < -0.4 is 0 Å². The van der Waals surface area contributed by atoms with Crippen LogP contribution in [0.4, 0.5) is 4.39 Å². The number of hydrogen-bond donors (Lipinski definition) is 2. The van der Waals surface area contributed by atoms with E-state index in [-0.39, 0.29) is 18.3 Å². The lowest BCUT2D eigenvalue weighted by Crippen LogP contribution is -2.02. The number of carboxylic acids is 1.